The summed E-state index contributed by atoms with van der Waals surface area (Å²) in [5, 5.41) is 3.37. The second kappa shape index (κ2) is 8.92. The Morgan fingerprint density at radius 2 is 1.95 bits per heavy atom. The van der Waals surface area contributed by atoms with Crippen molar-refractivity contribution in [2.45, 2.75) is 25.3 Å². The average Bonchev–Trinajstić information content (AvgIpc) is 3.30. The van der Waals surface area contributed by atoms with Crippen LogP contribution in [-0.4, -0.2) is 38.2 Å². The van der Waals surface area contributed by atoms with E-state index in [1.54, 1.807) is 7.11 Å². The Morgan fingerprint density at radius 1 is 1.27 bits per heavy atom. The normalized spacial score (nSPS) is 19.7. The fraction of sp³-hybridized carbons (Fsp3) is 0.625. The molecule has 6 heteroatoms. The Hall–Kier alpha value is -0.550. The monoisotopic (exact) mass is 350 g/mol. The summed E-state index contributed by atoms with van der Waals surface area (Å²) in [5.74, 6) is 1.25. The van der Waals surface area contributed by atoms with E-state index in [9.17, 15) is 4.39 Å². The van der Waals surface area contributed by atoms with Gasteiger partial charge >= 0.3 is 0 Å². The van der Waals surface area contributed by atoms with Gasteiger partial charge in [-0.05, 0) is 18.4 Å². The molecule has 3 nitrogen and oxygen atoms in total. The van der Waals surface area contributed by atoms with Gasteiger partial charge in [-0.2, -0.15) is 0 Å². The maximum Gasteiger partial charge on any atom is 0.131 e. The first kappa shape index (κ1) is 19.5. The largest absolute Gasteiger partial charge is 0.497 e. The number of methoxy groups -OCH3 is 1. The zero-order chi connectivity index (χ0) is 13.9. The molecule has 1 aliphatic heterocycles. The van der Waals surface area contributed by atoms with Crippen molar-refractivity contribution in [2.24, 2.45) is 5.92 Å². The van der Waals surface area contributed by atoms with Crippen molar-refractivity contribution in [1.29, 1.82) is 0 Å². The predicted octanol–water partition coefficient (Wildman–Crippen LogP) is 3.42. The third-order valence-corrected chi connectivity index (χ3v) is 4.41. The number of hydrogen-bond donors (Lipinski definition) is 1. The highest BCUT2D eigenvalue weighted by Gasteiger charge is 2.31. The zero-order valence-electron chi connectivity index (χ0n) is 12.9. The standard InChI is InChI=1S/C16H23FN2O.2ClH/c1-20-13-4-5-14(15(17)11-13)16(10-12-2-3-12)19-8-6-18-7-9-19;;/h4-5,11-12,16,18H,2-3,6-10H2,1H3;2*1H/t16-;;/m0../s1. The van der Waals surface area contributed by atoms with Gasteiger partial charge in [0.1, 0.15) is 11.6 Å². The SMILES string of the molecule is COc1ccc([C@H](CC2CC2)N2CCNCC2)c(F)c1.Cl.Cl. The molecule has 2 aliphatic rings. The number of benzene rings is 1. The van der Waals surface area contributed by atoms with Gasteiger partial charge in [0.05, 0.1) is 7.11 Å². The fourth-order valence-electron chi connectivity index (χ4n) is 3.04. The van der Waals surface area contributed by atoms with Crippen LogP contribution in [0.4, 0.5) is 4.39 Å². The molecule has 1 saturated heterocycles. The van der Waals surface area contributed by atoms with E-state index in [1.807, 2.05) is 12.1 Å². The van der Waals surface area contributed by atoms with Gasteiger partial charge in [-0.3, -0.25) is 4.90 Å². The summed E-state index contributed by atoms with van der Waals surface area (Å²) < 4.78 is 19.5. The summed E-state index contributed by atoms with van der Waals surface area (Å²) in [6.45, 7) is 4.00. The van der Waals surface area contributed by atoms with Crippen molar-refractivity contribution in [1.82, 2.24) is 10.2 Å². The third kappa shape index (κ3) is 4.72. The van der Waals surface area contributed by atoms with Crippen LogP contribution in [0.5, 0.6) is 5.75 Å². The van der Waals surface area contributed by atoms with Crippen molar-refractivity contribution in [2.75, 3.05) is 33.3 Å². The molecule has 0 bridgehead atoms. The van der Waals surface area contributed by atoms with Gasteiger partial charge in [0.15, 0.2) is 0 Å². The van der Waals surface area contributed by atoms with Gasteiger partial charge in [-0.15, -0.1) is 24.8 Å². The summed E-state index contributed by atoms with van der Waals surface area (Å²) in [5.41, 5.74) is 0.833. The average molecular weight is 351 g/mol. The summed E-state index contributed by atoms with van der Waals surface area (Å²) >= 11 is 0. The van der Waals surface area contributed by atoms with E-state index in [2.05, 4.69) is 10.2 Å². The lowest BCUT2D eigenvalue weighted by molar-refractivity contribution is 0.157. The van der Waals surface area contributed by atoms with Gasteiger partial charge in [-0.1, -0.05) is 18.9 Å². The molecule has 2 fully saturated rings. The second-order valence-corrected chi connectivity index (χ2v) is 5.87. The lowest BCUT2D eigenvalue weighted by Gasteiger charge is -2.35. The number of nitrogens with one attached hydrogen (secondary N) is 1. The molecular weight excluding hydrogens is 326 g/mol. The first-order valence-electron chi connectivity index (χ1n) is 7.56. The Kier molecular flexibility index (Phi) is 7.90. The van der Waals surface area contributed by atoms with E-state index in [0.717, 1.165) is 44.1 Å². The molecule has 0 radical (unpaired) electrons. The van der Waals surface area contributed by atoms with E-state index in [1.165, 1.54) is 18.9 Å². The van der Waals surface area contributed by atoms with Crippen molar-refractivity contribution in [3.63, 3.8) is 0 Å². The van der Waals surface area contributed by atoms with Gasteiger partial charge in [0.25, 0.3) is 0 Å². The Labute approximate surface area is 144 Å². The second-order valence-electron chi connectivity index (χ2n) is 5.87. The summed E-state index contributed by atoms with van der Waals surface area (Å²) in [4.78, 5) is 2.43. The topological polar surface area (TPSA) is 24.5 Å². The maximum absolute atomic E-state index is 14.4. The molecule has 0 amide bonds. The number of halogens is 3. The van der Waals surface area contributed by atoms with Crippen molar-refractivity contribution >= 4 is 24.8 Å². The third-order valence-electron chi connectivity index (χ3n) is 4.41. The fourth-order valence-corrected chi connectivity index (χ4v) is 3.04. The highest BCUT2D eigenvalue weighted by Crippen LogP contribution is 2.41. The molecule has 1 aromatic rings. The number of ether oxygens (including phenoxy) is 1. The van der Waals surface area contributed by atoms with E-state index in [-0.39, 0.29) is 36.7 Å². The molecule has 1 aromatic carbocycles. The summed E-state index contributed by atoms with van der Waals surface area (Å²) in [7, 11) is 1.58. The molecule has 1 atom stereocenters. The Balaban J connectivity index is 0.00000121. The predicted molar refractivity (Wildman–Crippen MR) is 92.0 cm³/mol. The van der Waals surface area contributed by atoms with Crippen molar-refractivity contribution in [3.8, 4) is 5.75 Å². The first-order valence-corrected chi connectivity index (χ1v) is 7.56. The van der Waals surface area contributed by atoms with Gasteiger partial charge in [0, 0.05) is 43.9 Å². The smallest absolute Gasteiger partial charge is 0.131 e. The molecule has 0 unspecified atom stereocenters. The van der Waals surface area contributed by atoms with Crippen molar-refractivity contribution in [3.05, 3.63) is 29.6 Å². The van der Waals surface area contributed by atoms with Crippen LogP contribution in [-0.2, 0) is 0 Å². The molecule has 3 rings (SSSR count). The minimum atomic E-state index is -0.131. The van der Waals surface area contributed by atoms with Crippen LogP contribution in [0.15, 0.2) is 18.2 Å². The lowest BCUT2D eigenvalue weighted by atomic mass is 9.98. The highest BCUT2D eigenvalue weighted by atomic mass is 35.5. The molecule has 1 heterocycles. The first-order chi connectivity index (χ1) is 9.78. The highest BCUT2D eigenvalue weighted by molar-refractivity contribution is 5.85. The quantitative estimate of drug-likeness (QED) is 0.880. The molecular formula is C16H25Cl2FN2O. The number of piperazine rings is 1. The molecule has 1 aliphatic carbocycles. The van der Waals surface area contributed by atoms with E-state index in [0.29, 0.717) is 5.75 Å². The molecule has 1 N–H and O–H groups in total. The minimum Gasteiger partial charge on any atom is -0.497 e. The van der Waals surface area contributed by atoms with Crippen LogP contribution in [0.1, 0.15) is 30.9 Å². The molecule has 22 heavy (non-hydrogen) atoms. The van der Waals surface area contributed by atoms with Crippen LogP contribution in [0.25, 0.3) is 0 Å². The van der Waals surface area contributed by atoms with E-state index < -0.39 is 0 Å². The van der Waals surface area contributed by atoms with Crippen LogP contribution in [0.2, 0.25) is 0 Å². The minimum absolute atomic E-state index is 0. The molecule has 0 spiro atoms. The van der Waals surface area contributed by atoms with Crippen LogP contribution >= 0.6 is 24.8 Å². The molecule has 0 aromatic heterocycles. The number of hydrogen-bond acceptors (Lipinski definition) is 3. The van der Waals surface area contributed by atoms with Gasteiger partial charge < -0.3 is 10.1 Å². The van der Waals surface area contributed by atoms with Crippen molar-refractivity contribution < 1.29 is 9.13 Å². The maximum atomic E-state index is 14.4. The van der Waals surface area contributed by atoms with Crippen LogP contribution in [0, 0.1) is 11.7 Å². The number of rotatable bonds is 5. The summed E-state index contributed by atoms with van der Waals surface area (Å²) in [6, 6.07) is 5.51. The van der Waals surface area contributed by atoms with E-state index in [4.69, 9.17) is 4.74 Å². The molecule has 1 saturated carbocycles. The molecule has 126 valence electrons. The number of nitrogens with zero attached hydrogens (tertiary/aromatic N) is 1. The van der Waals surface area contributed by atoms with Crippen LogP contribution < -0.4 is 10.1 Å². The van der Waals surface area contributed by atoms with Gasteiger partial charge in [-0.25, -0.2) is 4.39 Å². The van der Waals surface area contributed by atoms with E-state index >= 15 is 0 Å². The van der Waals surface area contributed by atoms with Gasteiger partial charge in [0.2, 0.25) is 0 Å². The van der Waals surface area contributed by atoms with Crippen LogP contribution in [0.3, 0.4) is 0 Å². The summed E-state index contributed by atoms with van der Waals surface area (Å²) in [6.07, 6.45) is 3.70. The Morgan fingerprint density at radius 3 is 2.50 bits per heavy atom. The Bertz CT molecular complexity index is 465. The lowest BCUT2D eigenvalue weighted by Crippen LogP contribution is -2.45. The zero-order valence-corrected chi connectivity index (χ0v) is 14.5.